The SMILES string of the molecule is COc1ccc(C)cc1N(Cc1ccc(C(=O)NC[C@H](C)c2ccccc2)cc1)S(C)(=O)=O. The molecular weight excluding hydrogens is 436 g/mol. The lowest BCUT2D eigenvalue weighted by Gasteiger charge is -2.25. The van der Waals surface area contributed by atoms with E-state index in [1.54, 1.807) is 36.4 Å². The number of ether oxygens (including phenoxy) is 1. The van der Waals surface area contributed by atoms with Gasteiger partial charge >= 0.3 is 0 Å². The normalized spacial score (nSPS) is 12.1. The van der Waals surface area contributed by atoms with Gasteiger partial charge in [-0.15, -0.1) is 0 Å². The molecule has 0 bridgehead atoms. The lowest BCUT2D eigenvalue weighted by atomic mass is 10.0. The van der Waals surface area contributed by atoms with Crippen LogP contribution in [0, 0.1) is 6.92 Å². The van der Waals surface area contributed by atoms with E-state index in [-0.39, 0.29) is 18.4 Å². The number of rotatable bonds is 9. The van der Waals surface area contributed by atoms with Gasteiger partial charge in [-0.05, 0) is 53.8 Å². The highest BCUT2D eigenvalue weighted by Gasteiger charge is 2.22. The van der Waals surface area contributed by atoms with E-state index in [1.165, 1.54) is 23.2 Å². The molecule has 3 rings (SSSR count). The highest BCUT2D eigenvalue weighted by molar-refractivity contribution is 7.92. The zero-order valence-corrected chi connectivity index (χ0v) is 20.2. The van der Waals surface area contributed by atoms with Crippen molar-refractivity contribution in [1.29, 1.82) is 0 Å². The maximum atomic E-state index is 12.6. The van der Waals surface area contributed by atoms with Gasteiger partial charge in [-0.1, -0.05) is 55.5 Å². The van der Waals surface area contributed by atoms with Crippen LogP contribution in [0.3, 0.4) is 0 Å². The molecule has 0 saturated carbocycles. The third kappa shape index (κ3) is 6.35. The van der Waals surface area contributed by atoms with Gasteiger partial charge < -0.3 is 10.1 Å². The summed E-state index contributed by atoms with van der Waals surface area (Å²) in [5, 5.41) is 2.97. The lowest BCUT2D eigenvalue weighted by molar-refractivity contribution is 0.0951. The Bertz CT molecular complexity index is 1190. The third-order valence-electron chi connectivity index (χ3n) is 5.48. The van der Waals surface area contributed by atoms with Gasteiger partial charge in [0.2, 0.25) is 10.0 Å². The summed E-state index contributed by atoms with van der Waals surface area (Å²) in [5.41, 5.74) is 3.87. The van der Waals surface area contributed by atoms with Crippen LogP contribution in [0.2, 0.25) is 0 Å². The maximum Gasteiger partial charge on any atom is 0.251 e. The van der Waals surface area contributed by atoms with E-state index in [9.17, 15) is 13.2 Å². The number of carbonyl (C=O) groups is 1. The quantitative estimate of drug-likeness (QED) is 0.504. The molecule has 0 fully saturated rings. The summed E-state index contributed by atoms with van der Waals surface area (Å²) < 4.78 is 31.8. The summed E-state index contributed by atoms with van der Waals surface area (Å²) in [6.07, 6.45) is 1.17. The van der Waals surface area contributed by atoms with Gasteiger partial charge in [0.1, 0.15) is 5.75 Å². The van der Waals surface area contributed by atoms with Crippen molar-refractivity contribution in [2.45, 2.75) is 26.3 Å². The number of nitrogens with zero attached hydrogens (tertiary/aromatic N) is 1. The monoisotopic (exact) mass is 466 g/mol. The second-order valence-electron chi connectivity index (χ2n) is 8.16. The van der Waals surface area contributed by atoms with Crippen LogP contribution in [0.5, 0.6) is 5.75 Å². The fourth-order valence-corrected chi connectivity index (χ4v) is 4.43. The van der Waals surface area contributed by atoms with Gasteiger partial charge in [0.25, 0.3) is 5.91 Å². The van der Waals surface area contributed by atoms with E-state index in [1.807, 2.05) is 43.3 Å². The Morgan fingerprint density at radius 3 is 2.30 bits per heavy atom. The Labute approximate surface area is 196 Å². The first kappa shape index (κ1) is 24.3. The number of benzene rings is 3. The summed E-state index contributed by atoms with van der Waals surface area (Å²) in [6, 6.07) is 22.4. The predicted molar refractivity (Wildman–Crippen MR) is 132 cm³/mol. The van der Waals surface area contributed by atoms with Crippen LogP contribution in [0.25, 0.3) is 0 Å². The van der Waals surface area contributed by atoms with Gasteiger partial charge in [0.05, 0.1) is 25.6 Å². The highest BCUT2D eigenvalue weighted by atomic mass is 32.2. The molecule has 3 aromatic carbocycles. The number of anilines is 1. The van der Waals surface area contributed by atoms with E-state index < -0.39 is 10.0 Å². The molecule has 0 heterocycles. The standard InChI is InChI=1S/C26H30N2O4S/c1-19-10-15-25(32-3)24(16-19)28(33(4,30)31)18-21-11-13-23(14-12-21)26(29)27-17-20(2)22-8-6-5-7-9-22/h5-16,20H,17-18H2,1-4H3,(H,27,29)/t20-/m0/s1. The number of methoxy groups -OCH3 is 1. The second kappa shape index (κ2) is 10.5. The van der Waals surface area contributed by atoms with Crippen LogP contribution >= 0.6 is 0 Å². The average molecular weight is 467 g/mol. The number of sulfonamides is 1. The van der Waals surface area contributed by atoms with Crippen molar-refractivity contribution in [3.8, 4) is 5.75 Å². The van der Waals surface area contributed by atoms with Crippen molar-refractivity contribution in [3.63, 3.8) is 0 Å². The minimum atomic E-state index is -3.56. The molecule has 3 aromatic rings. The van der Waals surface area contributed by atoms with E-state index in [0.29, 0.717) is 23.5 Å². The van der Waals surface area contributed by atoms with Crippen LogP contribution in [-0.2, 0) is 16.6 Å². The van der Waals surface area contributed by atoms with Crippen LogP contribution in [-0.4, -0.2) is 34.2 Å². The van der Waals surface area contributed by atoms with E-state index in [0.717, 1.165) is 11.1 Å². The number of amides is 1. The smallest absolute Gasteiger partial charge is 0.251 e. The zero-order valence-electron chi connectivity index (χ0n) is 19.4. The first-order chi connectivity index (χ1) is 15.7. The Morgan fingerprint density at radius 1 is 1.03 bits per heavy atom. The number of nitrogens with one attached hydrogen (secondary N) is 1. The van der Waals surface area contributed by atoms with Crippen LogP contribution in [0.4, 0.5) is 5.69 Å². The number of hydrogen-bond acceptors (Lipinski definition) is 4. The van der Waals surface area contributed by atoms with E-state index in [2.05, 4.69) is 12.2 Å². The molecule has 0 aromatic heterocycles. The molecule has 0 unspecified atom stereocenters. The van der Waals surface area contributed by atoms with Gasteiger partial charge in [0.15, 0.2) is 0 Å². The molecule has 1 N–H and O–H groups in total. The Morgan fingerprint density at radius 2 is 1.70 bits per heavy atom. The highest BCUT2D eigenvalue weighted by Crippen LogP contribution is 2.32. The van der Waals surface area contributed by atoms with E-state index in [4.69, 9.17) is 4.74 Å². The molecule has 6 nitrogen and oxygen atoms in total. The zero-order chi connectivity index (χ0) is 24.0. The van der Waals surface area contributed by atoms with Gasteiger partial charge in [0, 0.05) is 12.1 Å². The number of aryl methyl sites for hydroxylation is 1. The largest absolute Gasteiger partial charge is 0.495 e. The maximum absolute atomic E-state index is 12.6. The summed E-state index contributed by atoms with van der Waals surface area (Å²) in [6.45, 7) is 4.62. The van der Waals surface area contributed by atoms with Gasteiger partial charge in [-0.25, -0.2) is 8.42 Å². The van der Waals surface area contributed by atoms with E-state index >= 15 is 0 Å². The molecule has 0 aliphatic rings. The summed E-state index contributed by atoms with van der Waals surface area (Å²) in [7, 11) is -2.05. The van der Waals surface area contributed by atoms with Crippen molar-refractivity contribution in [3.05, 3.63) is 95.1 Å². The molecule has 1 atom stereocenters. The minimum Gasteiger partial charge on any atom is -0.495 e. The van der Waals surface area contributed by atoms with Crippen molar-refractivity contribution in [2.75, 3.05) is 24.2 Å². The Balaban J connectivity index is 1.72. The molecule has 33 heavy (non-hydrogen) atoms. The minimum absolute atomic E-state index is 0.131. The van der Waals surface area contributed by atoms with Crippen LogP contribution < -0.4 is 14.4 Å². The van der Waals surface area contributed by atoms with Crippen molar-refractivity contribution >= 4 is 21.6 Å². The molecule has 7 heteroatoms. The van der Waals surface area contributed by atoms with Crippen molar-refractivity contribution in [1.82, 2.24) is 5.32 Å². The molecule has 0 saturated heterocycles. The molecule has 1 amide bonds. The molecule has 174 valence electrons. The van der Waals surface area contributed by atoms with Crippen molar-refractivity contribution in [2.24, 2.45) is 0 Å². The fraction of sp³-hybridized carbons (Fsp3) is 0.269. The Hall–Kier alpha value is -3.32. The molecular formula is C26H30N2O4S. The van der Waals surface area contributed by atoms with Gasteiger partial charge in [-0.2, -0.15) is 0 Å². The fourth-order valence-electron chi connectivity index (χ4n) is 3.55. The number of hydrogen-bond donors (Lipinski definition) is 1. The second-order valence-corrected chi connectivity index (χ2v) is 10.1. The average Bonchev–Trinajstić information content (AvgIpc) is 2.81. The molecule has 0 spiro atoms. The first-order valence-electron chi connectivity index (χ1n) is 10.7. The number of carbonyl (C=O) groups excluding carboxylic acids is 1. The third-order valence-corrected chi connectivity index (χ3v) is 6.61. The summed E-state index contributed by atoms with van der Waals surface area (Å²) in [5.74, 6) is 0.515. The topological polar surface area (TPSA) is 75.7 Å². The van der Waals surface area contributed by atoms with Crippen LogP contribution in [0.1, 0.15) is 39.9 Å². The molecule has 0 aliphatic carbocycles. The van der Waals surface area contributed by atoms with Crippen molar-refractivity contribution < 1.29 is 17.9 Å². The summed E-state index contributed by atoms with van der Waals surface area (Å²) >= 11 is 0. The summed E-state index contributed by atoms with van der Waals surface area (Å²) in [4.78, 5) is 12.6. The first-order valence-corrected chi connectivity index (χ1v) is 12.6. The van der Waals surface area contributed by atoms with Crippen LogP contribution in [0.15, 0.2) is 72.8 Å². The Kier molecular flexibility index (Phi) is 7.76. The predicted octanol–water partition coefficient (Wildman–Crippen LogP) is 4.50. The molecule has 0 aliphatic heterocycles. The van der Waals surface area contributed by atoms with Gasteiger partial charge in [-0.3, -0.25) is 9.10 Å². The lowest BCUT2D eigenvalue weighted by Crippen LogP contribution is -2.30. The molecule has 0 radical (unpaired) electrons.